The molecular weight excluding hydrogens is 218 g/mol. The molecule has 1 unspecified atom stereocenters. The fourth-order valence-corrected chi connectivity index (χ4v) is 1.55. The predicted molar refractivity (Wildman–Crippen MR) is 66.0 cm³/mol. The molecule has 0 heterocycles. The van der Waals surface area contributed by atoms with Gasteiger partial charge in [-0.2, -0.15) is 0 Å². The maximum absolute atomic E-state index is 11.4. The Morgan fingerprint density at radius 3 is 2.59 bits per heavy atom. The number of hydrogen-bond donors (Lipinski definition) is 2. The number of aryl methyl sites for hydroxylation is 1. The van der Waals surface area contributed by atoms with Crippen LogP contribution in [0.15, 0.2) is 18.2 Å². The second-order valence-corrected chi connectivity index (χ2v) is 4.09. The van der Waals surface area contributed by atoms with E-state index in [-0.39, 0.29) is 5.91 Å². The van der Waals surface area contributed by atoms with Crippen molar-refractivity contribution in [1.29, 1.82) is 0 Å². The molecule has 1 aromatic rings. The minimum absolute atomic E-state index is 0.192. The summed E-state index contributed by atoms with van der Waals surface area (Å²) in [5, 5.41) is 12.2. The van der Waals surface area contributed by atoms with Crippen LogP contribution >= 0.6 is 0 Å². The first-order chi connectivity index (χ1) is 7.95. The third kappa shape index (κ3) is 3.46. The van der Waals surface area contributed by atoms with E-state index >= 15 is 0 Å². The number of aliphatic hydroxyl groups excluding tert-OH is 1. The van der Waals surface area contributed by atoms with Crippen LogP contribution in [0, 0.1) is 6.92 Å². The zero-order chi connectivity index (χ0) is 13.0. The third-order valence-corrected chi connectivity index (χ3v) is 2.53. The molecule has 0 aliphatic carbocycles. The van der Waals surface area contributed by atoms with Crippen molar-refractivity contribution in [2.24, 2.45) is 0 Å². The molecule has 94 valence electrons. The van der Waals surface area contributed by atoms with Gasteiger partial charge in [-0.25, -0.2) is 0 Å². The van der Waals surface area contributed by atoms with E-state index in [1.54, 1.807) is 27.0 Å². The van der Waals surface area contributed by atoms with E-state index in [4.69, 9.17) is 4.74 Å². The maximum atomic E-state index is 11.4. The van der Waals surface area contributed by atoms with Gasteiger partial charge in [0.25, 0.3) is 5.91 Å². The SMILES string of the molecule is CNC(=O)C(C)Oc1ccc(C)cc1[C@@H](C)O. The topological polar surface area (TPSA) is 58.6 Å². The summed E-state index contributed by atoms with van der Waals surface area (Å²) < 4.78 is 5.54. The normalized spacial score (nSPS) is 13.9. The van der Waals surface area contributed by atoms with Gasteiger partial charge in [0.05, 0.1) is 6.10 Å². The van der Waals surface area contributed by atoms with Crippen molar-refractivity contribution in [2.75, 3.05) is 7.05 Å². The first kappa shape index (κ1) is 13.5. The average Bonchev–Trinajstić information content (AvgIpc) is 2.29. The van der Waals surface area contributed by atoms with Gasteiger partial charge in [-0.05, 0) is 32.9 Å². The Hall–Kier alpha value is -1.55. The zero-order valence-corrected chi connectivity index (χ0v) is 10.7. The molecule has 1 rings (SSSR count). The van der Waals surface area contributed by atoms with Gasteiger partial charge in [-0.1, -0.05) is 11.6 Å². The van der Waals surface area contributed by atoms with Gasteiger partial charge in [0.15, 0.2) is 6.10 Å². The zero-order valence-electron chi connectivity index (χ0n) is 10.7. The number of aliphatic hydroxyl groups is 1. The molecule has 0 fully saturated rings. The Labute approximate surface area is 102 Å². The standard InChI is InChI=1S/C13H19NO3/c1-8-5-6-12(11(7-8)9(2)15)17-10(3)13(16)14-4/h5-7,9-10,15H,1-4H3,(H,14,16)/t9-,10?/m1/s1. The molecule has 4 nitrogen and oxygen atoms in total. The molecule has 2 N–H and O–H groups in total. The Morgan fingerprint density at radius 2 is 2.06 bits per heavy atom. The van der Waals surface area contributed by atoms with Crippen LogP contribution in [0.25, 0.3) is 0 Å². The van der Waals surface area contributed by atoms with Gasteiger partial charge in [-0.15, -0.1) is 0 Å². The molecule has 0 radical (unpaired) electrons. The van der Waals surface area contributed by atoms with E-state index in [2.05, 4.69) is 5.32 Å². The van der Waals surface area contributed by atoms with Gasteiger partial charge in [0.2, 0.25) is 0 Å². The van der Waals surface area contributed by atoms with E-state index in [1.807, 2.05) is 19.1 Å². The largest absolute Gasteiger partial charge is 0.481 e. The molecule has 1 aromatic carbocycles. The Kier molecular flexibility index (Phi) is 4.52. The third-order valence-electron chi connectivity index (χ3n) is 2.53. The molecule has 0 bridgehead atoms. The van der Waals surface area contributed by atoms with Gasteiger partial charge in [0.1, 0.15) is 5.75 Å². The van der Waals surface area contributed by atoms with Crippen LogP contribution in [0.5, 0.6) is 5.75 Å². The summed E-state index contributed by atoms with van der Waals surface area (Å²) in [6.07, 6.45) is -1.21. The molecule has 4 heteroatoms. The summed E-state index contributed by atoms with van der Waals surface area (Å²) in [5.41, 5.74) is 1.74. The lowest BCUT2D eigenvalue weighted by molar-refractivity contribution is -0.126. The van der Waals surface area contributed by atoms with Crippen LogP contribution < -0.4 is 10.1 Å². The minimum Gasteiger partial charge on any atom is -0.481 e. The number of hydrogen-bond acceptors (Lipinski definition) is 3. The first-order valence-corrected chi connectivity index (χ1v) is 5.62. The number of amides is 1. The van der Waals surface area contributed by atoms with Crippen LogP contribution in [0.2, 0.25) is 0 Å². The van der Waals surface area contributed by atoms with Crippen LogP contribution in [-0.2, 0) is 4.79 Å². The molecule has 0 aliphatic rings. The molecule has 0 aromatic heterocycles. The fraction of sp³-hybridized carbons (Fsp3) is 0.462. The van der Waals surface area contributed by atoms with Crippen molar-refractivity contribution in [3.63, 3.8) is 0 Å². The summed E-state index contributed by atoms with van der Waals surface area (Å²) in [7, 11) is 1.56. The highest BCUT2D eigenvalue weighted by molar-refractivity contribution is 5.80. The quantitative estimate of drug-likeness (QED) is 0.835. The van der Waals surface area contributed by atoms with Gasteiger partial charge in [0, 0.05) is 12.6 Å². The first-order valence-electron chi connectivity index (χ1n) is 5.62. The van der Waals surface area contributed by atoms with Crippen molar-refractivity contribution in [3.05, 3.63) is 29.3 Å². The molecule has 2 atom stereocenters. The van der Waals surface area contributed by atoms with E-state index in [9.17, 15) is 9.90 Å². The average molecular weight is 237 g/mol. The van der Waals surface area contributed by atoms with E-state index in [1.165, 1.54) is 0 Å². The summed E-state index contributed by atoms with van der Waals surface area (Å²) in [4.78, 5) is 11.4. The van der Waals surface area contributed by atoms with Gasteiger partial charge >= 0.3 is 0 Å². The van der Waals surface area contributed by atoms with Gasteiger partial charge in [-0.3, -0.25) is 4.79 Å². The predicted octanol–water partition coefficient (Wildman–Crippen LogP) is 1.56. The molecule has 1 amide bonds. The Morgan fingerprint density at radius 1 is 1.41 bits per heavy atom. The monoisotopic (exact) mass is 237 g/mol. The number of likely N-dealkylation sites (N-methyl/N-ethyl adjacent to an activating group) is 1. The van der Waals surface area contributed by atoms with Crippen molar-refractivity contribution >= 4 is 5.91 Å². The smallest absolute Gasteiger partial charge is 0.260 e. The van der Waals surface area contributed by atoms with Crippen molar-refractivity contribution in [1.82, 2.24) is 5.32 Å². The van der Waals surface area contributed by atoms with E-state index < -0.39 is 12.2 Å². The summed E-state index contributed by atoms with van der Waals surface area (Å²) in [5.74, 6) is 0.351. The van der Waals surface area contributed by atoms with Crippen LogP contribution in [-0.4, -0.2) is 24.2 Å². The molecule has 0 saturated carbocycles. The molecular formula is C13H19NO3. The van der Waals surface area contributed by atoms with Crippen molar-refractivity contribution in [2.45, 2.75) is 33.0 Å². The van der Waals surface area contributed by atoms with Crippen molar-refractivity contribution in [3.8, 4) is 5.75 Å². The highest BCUT2D eigenvalue weighted by Crippen LogP contribution is 2.27. The minimum atomic E-state index is -0.623. The van der Waals surface area contributed by atoms with Crippen LogP contribution in [0.1, 0.15) is 31.1 Å². The summed E-state index contributed by atoms with van der Waals surface area (Å²) in [6, 6.07) is 5.52. The number of benzene rings is 1. The number of ether oxygens (including phenoxy) is 1. The Balaban J connectivity index is 2.94. The van der Waals surface area contributed by atoms with Gasteiger partial charge < -0.3 is 15.2 Å². The highest BCUT2D eigenvalue weighted by Gasteiger charge is 2.16. The number of nitrogens with one attached hydrogen (secondary N) is 1. The lowest BCUT2D eigenvalue weighted by Gasteiger charge is -2.18. The maximum Gasteiger partial charge on any atom is 0.260 e. The van der Waals surface area contributed by atoms with E-state index in [0.29, 0.717) is 11.3 Å². The van der Waals surface area contributed by atoms with Crippen LogP contribution in [0.3, 0.4) is 0 Å². The number of carbonyl (C=O) groups excluding carboxylic acids is 1. The van der Waals surface area contributed by atoms with E-state index in [0.717, 1.165) is 5.56 Å². The van der Waals surface area contributed by atoms with Crippen molar-refractivity contribution < 1.29 is 14.6 Å². The number of carbonyl (C=O) groups is 1. The lowest BCUT2D eigenvalue weighted by Crippen LogP contribution is -2.34. The molecule has 17 heavy (non-hydrogen) atoms. The lowest BCUT2D eigenvalue weighted by atomic mass is 10.1. The fourth-order valence-electron chi connectivity index (χ4n) is 1.55. The second-order valence-electron chi connectivity index (χ2n) is 4.09. The number of rotatable bonds is 4. The molecule has 0 saturated heterocycles. The summed E-state index contributed by atoms with van der Waals surface area (Å²) in [6.45, 7) is 5.29. The second kappa shape index (κ2) is 5.68. The Bertz CT molecular complexity index is 402. The molecule has 0 spiro atoms. The molecule has 0 aliphatic heterocycles. The highest BCUT2D eigenvalue weighted by atomic mass is 16.5. The summed E-state index contributed by atoms with van der Waals surface area (Å²) >= 11 is 0. The van der Waals surface area contributed by atoms with Crippen LogP contribution in [0.4, 0.5) is 0 Å².